The molecule has 5 heteroatoms. The van der Waals surface area contributed by atoms with Gasteiger partial charge in [0.05, 0.1) is 22.7 Å². The highest BCUT2D eigenvalue weighted by atomic mass is 79.9. The second-order valence-corrected chi connectivity index (χ2v) is 7.04. The van der Waals surface area contributed by atoms with Crippen LogP contribution in [-0.2, 0) is 0 Å². The number of halogens is 2. The van der Waals surface area contributed by atoms with Crippen molar-refractivity contribution in [3.05, 3.63) is 33.3 Å². The normalized spacial score (nSPS) is 26.3. The Morgan fingerprint density at radius 1 is 1.60 bits per heavy atom. The lowest BCUT2D eigenvalue weighted by molar-refractivity contribution is 0.0697. The molecule has 2 N–H and O–H groups in total. The summed E-state index contributed by atoms with van der Waals surface area (Å²) in [6.45, 7) is 2.12. The molecule has 1 fully saturated rings. The molecule has 2 atom stereocenters. The monoisotopic (exact) mass is 359 g/mol. The van der Waals surface area contributed by atoms with Gasteiger partial charge in [0.25, 0.3) is 5.91 Å². The number of hydrogen-bond acceptors (Lipinski definition) is 2. The van der Waals surface area contributed by atoms with Gasteiger partial charge in [0, 0.05) is 4.47 Å². The number of aliphatic hydroxyl groups excluding tert-OH is 1. The van der Waals surface area contributed by atoms with Gasteiger partial charge in [-0.3, -0.25) is 4.79 Å². The van der Waals surface area contributed by atoms with Crippen LogP contribution in [0.5, 0.6) is 0 Å². The number of benzene rings is 1. The molecule has 2 unspecified atom stereocenters. The molecule has 3 nitrogen and oxygen atoms in total. The Bertz CT molecular complexity index is 509. The van der Waals surface area contributed by atoms with E-state index in [4.69, 9.17) is 11.6 Å². The molecule has 0 heterocycles. The van der Waals surface area contributed by atoms with Gasteiger partial charge < -0.3 is 10.4 Å². The minimum atomic E-state index is -0.509. The first kappa shape index (κ1) is 15.8. The molecule has 20 heavy (non-hydrogen) atoms. The molecule has 1 aromatic carbocycles. The average molecular weight is 361 g/mol. The molecule has 1 aliphatic rings. The molecule has 0 saturated heterocycles. The van der Waals surface area contributed by atoms with Gasteiger partial charge >= 0.3 is 0 Å². The van der Waals surface area contributed by atoms with Gasteiger partial charge in [-0.15, -0.1) is 0 Å². The van der Waals surface area contributed by atoms with E-state index in [-0.39, 0.29) is 12.5 Å². The first-order chi connectivity index (χ1) is 9.46. The van der Waals surface area contributed by atoms with Crippen molar-refractivity contribution in [2.45, 2.75) is 38.1 Å². The van der Waals surface area contributed by atoms with Gasteiger partial charge in [0.2, 0.25) is 0 Å². The standard InChI is InChI=1S/C15H19BrClNO2/c1-10-3-2-6-15(8-10,9-19)18-14(20)12-5-4-11(16)7-13(12)17/h4-5,7,10,19H,2-3,6,8-9H2,1H3,(H,18,20). The minimum Gasteiger partial charge on any atom is -0.394 e. The van der Waals surface area contributed by atoms with Crippen LogP contribution in [0.3, 0.4) is 0 Å². The summed E-state index contributed by atoms with van der Waals surface area (Å²) in [5, 5.41) is 13.1. The summed E-state index contributed by atoms with van der Waals surface area (Å²) in [5.74, 6) is 0.294. The quantitative estimate of drug-likeness (QED) is 0.862. The molecule has 110 valence electrons. The maximum Gasteiger partial charge on any atom is 0.253 e. The number of hydrogen-bond donors (Lipinski definition) is 2. The van der Waals surface area contributed by atoms with Crippen molar-refractivity contribution < 1.29 is 9.90 Å². The predicted octanol–water partition coefficient (Wildman–Crippen LogP) is 3.77. The van der Waals surface area contributed by atoms with Crippen molar-refractivity contribution in [2.75, 3.05) is 6.61 Å². The Morgan fingerprint density at radius 3 is 2.95 bits per heavy atom. The van der Waals surface area contributed by atoms with Crippen LogP contribution < -0.4 is 5.32 Å². The molecule has 0 aromatic heterocycles. The second-order valence-electron chi connectivity index (χ2n) is 5.72. The molecule has 0 radical (unpaired) electrons. The van der Waals surface area contributed by atoms with Crippen LogP contribution in [-0.4, -0.2) is 23.2 Å². The van der Waals surface area contributed by atoms with Crippen LogP contribution in [0, 0.1) is 5.92 Å². The molecule has 0 aliphatic heterocycles. The Hall–Kier alpha value is -0.580. The molecule has 0 bridgehead atoms. The van der Waals surface area contributed by atoms with Gasteiger partial charge in [0.15, 0.2) is 0 Å². The number of nitrogens with one attached hydrogen (secondary N) is 1. The zero-order valence-corrected chi connectivity index (χ0v) is 13.8. The van der Waals surface area contributed by atoms with Gasteiger partial charge in [-0.2, -0.15) is 0 Å². The summed E-state index contributed by atoms with van der Waals surface area (Å²) >= 11 is 9.43. The summed E-state index contributed by atoms with van der Waals surface area (Å²) in [6.07, 6.45) is 3.80. The summed E-state index contributed by atoms with van der Waals surface area (Å²) in [7, 11) is 0. The van der Waals surface area contributed by atoms with E-state index in [1.807, 2.05) is 0 Å². The van der Waals surface area contributed by atoms with Crippen molar-refractivity contribution >= 4 is 33.4 Å². The smallest absolute Gasteiger partial charge is 0.253 e. The first-order valence-electron chi connectivity index (χ1n) is 6.84. The zero-order chi connectivity index (χ0) is 14.8. The summed E-state index contributed by atoms with van der Waals surface area (Å²) in [5.41, 5.74) is -0.0635. The number of carbonyl (C=O) groups is 1. The van der Waals surface area contributed by atoms with E-state index in [1.54, 1.807) is 18.2 Å². The lowest BCUT2D eigenvalue weighted by atomic mass is 9.76. The Balaban J connectivity index is 2.16. The van der Waals surface area contributed by atoms with E-state index in [1.165, 1.54) is 0 Å². The van der Waals surface area contributed by atoms with Crippen LogP contribution in [0.15, 0.2) is 22.7 Å². The molecule has 1 aliphatic carbocycles. The third-order valence-corrected chi connectivity index (χ3v) is 4.75. The number of aliphatic hydroxyl groups is 1. The fraction of sp³-hybridized carbons (Fsp3) is 0.533. The fourth-order valence-corrected chi connectivity index (χ4v) is 3.70. The average Bonchev–Trinajstić information content (AvgIpc) is 2.38. The van der Waals surface area contributed by atoms with Crippen molar-refractivity contribution in [2.24, 2.45) is 5.92 Å². The van der Waals surface area contributed by atoms with E-state index in [0.717, 1.165) is 30.2 Å². The van der Waals surface area contributed by atoms with Crippen molar-refractivity contribution in [3.63, 3.8) is 0 Å². The lowest BCUT2D eigenvalue weighted by Gasteiger charge is -2.39. The Kier molecular flexibility index (Phi) is 5.10. The number of rotatable bonds is 3. The van der Waals surface area contributed by atoms with Crippen LogP contribution in [0.4, 0.5) is 0 Å². The Morgan fingerprint density at radius 2 is 2.35 bits per heavy atom. The predicted molar refractivity (Wildman–Crippen MR) is 84.1 cm³/mol. The second kappa shape index (κ2) is 6.46. The molecule has 0 spiro atoms. The number of amides is 1. The highest BCUT2D eigenvalue weighted by Crippen LogP contribution is 2.32. The highest BCUT2D eigenvalue weighted by molar-refractivity contribution is 9.10. The first-order valence-corrected chi connectivity index (χ1v) is 8.01. The number of carbonyl (C=O) groups excluding carboxylic acids is 1. The molecular weight excluding hydrogens is 342 g/mol. The maximum absolute atomic E-state index is 12.4. The fourth-order valence-electron chi connectivity index (χ4n) is 2.94. The summed E-state index contributed by atoms with van der Waals surface area (Å²) in [4.78, 5) is 12.4. The van der Waals surface area contributed by atoms with Gasteiger partial charge in [-0.1, -0.05) is 47.3 Å². The third-order valence-electron chi connectivity index (χ3n) is 3.95. The van der Waals surface area contributed by atoms with Crippen LogP contribution in [0.1, 0.15) is 43.0 Å². The molecular formula is C15H19BrClNO2. The van der Waals surface area contributed by atoms with Crippen molar-refractivity contribution in [1.82, 2.24) is 5.32 Å². The zero-order valence-electron chi connectivity index (χ0n) is 11.5. The third kappa shape index (κ3) is 3.54. The van der Waals surface area contributed by atoms with Crippen LogP contribution in [0.25, 0.3) is 0 Å². The molecule has 1 amide bonds. The van der Waals surface area contributed by atoms with Gasteiger partial charge in [0.1, 0.15) is 0 Å². The molecule has 1 saturated carbocycles. The topological polar surface area (TPSA) is 49.3 Å². The summed E-state index contributed by atoms with van der Waals surface area (Å²) < 4.78 is 0.835. The lowest BCUT2D eigenvalue weighted by Crippen LogP contribution is -2.53. The van der Waals surface area contributed by atoms with E-state index in [0.29, 0.717) is 16.5 Å². The molecule has 2 rings (SSSR count). The molecule has 1 aromatic rings. The SMILES string of the molecule is CC1CCCC(CO)(NC(=O)c2ccc(Br)cc2Cl)C1. The maximum atomic E-state index is 12.4. The van der Waals surface area contributed by atoms with Gasteiger partial charge in [-0.05, 0) is 37.0 Å². The largest absolute Gasteiger partial charge is 0.394 e. The minimum absolute atomic E-state index is 0.0305. The van der Waals surface area contributed by atoms with E-state index in [9.17, 15) is 9.90 Å². The van der Waals surface area contributed by atoms with E-state index in [2.05, 4.69) is 28.2 Å². The van der Waals surface area contributed by atoms with Crippen LogP contribution >= 0.6 is 27.5 Å². The van der Waals surface area contributed by atoms with Crippen LogP contribution in [0.2, 0.25) is 5.02 Å². The summed E-state index contributed by atoms with van der Waals surface area (Å²) in [6, 6.07) is 5.18. The van der Waals surface area contributed by atoms with Gasteiger partial charge in [-0.25, -0.2) is 0 Å². The Labute approximate surface area is 132 Å². The van der Waals surface area contributed by atoms with Crippen molar-refractivity contribution in [1.29, 1.82) is 0 Å². The van der Waals surface area contributed by atoms with E-state index >= 15 is 0 Å². The highest BCUT2D eigenvalue weighted by Gasteiger charge is 2.36. The van der Waals surface area contributed by atoms with E-state index < -0.39 is 5.54 Å². The van der Waals surface area contributed by atoms with Crippen molar-refractivity contribution in [3.8, 4) is 0 Å².